The smallest absolute Gasteiger partial charge is 0.257 e. The summed E-state index contributed by atoms with van der Waals surface area (Å²) in [5.41, 5.74) is 0.125. The van der Waals surface area contributed by atoms with Gasteiger partial charge in [-0.2, -0.15) is 0 Å². The lowest BCUT2D eigenvalue weighted by Crippen LogP contribution is -2.59. The van der Waals surface area contributed by atoms with Crippen LogP contribution in [0.15, 0.2) is 0 Å². The first-order chi connectivity index (χ1) is 6.09. The molecule has 0 aromatic carbocycles. The summed E-state index contributed by atoms with van der Waals surface area (Å²) in [7, 11) is 0. The Hall–Kier alpha value is -0.310. The Balaban J connectivity index is 2.17. The van der Waals surface area contributed by atoms with Crippen molar-refractivity contribution in [2.75, 3.05) is 0 Å². The molecule has 0 aromatic rings. The fourth-order valence-electron chi connectivity index (χ4n) is 2.59. The summed E-state index contributed by atoms with van der Waals surface area (Å²) in [4.78, 5) is 0. The summed E-state index contributed by atoms with van der Waals surface area (Å²) in [6.45, 7) is 4.45. The van der Waals surface area contributed by atoms with Crippen molar-refractivity contribution < 1.29 is 4.74 Å². The SMILES string of the molecule is CC1(C)NC(=S)OC2CCCCC21. The molecule has 2 rings (SSSR count). The van der Waals surface area contributed by atoms with E-state index in [-0.39, 0.29) is 5.54 Å². The third kappa shape index (κ3) is 1.66. The highest BCUT2D eigenvalue weighted by Crippen LogP contribution is 2.37. The minimum Gasteiger partial charge on any atom is -0.467 e. The third-order valence-corrected chi connectivity index (χ3v) is 3.51. The first kappa shape index (κ1) is 9.25. The second kappa shape index (κ2) is 3.12. The molecular formula is C10H17NOS. The molecule has 1 aliphatic carbocycles. The van der Waals surface area contributed by atoms with Gasteiger partial charge in [-0.1, -0.05) is 6.42 Å². The average Bonchev–Trinajstić information content (AvgIpc) is 2.02. The molecule has 13 heavy (non-hydrogen) atoms. The number of thiocarbonyl (C=S) groups is 1. The Bertz CT molecular complexity index is 227. The van der Waals surface area contributed by atoms with Gasteiger partial charge in [-0.25, -0.2) is 0 Å². The monoisotopic (exact) mass is 199 g/mol. The molecule has 0 amide bonds. The minimum atomic E-state index is 0.125. The molecule has 2 aliphatic rings. The van der Waals surface area contributed by atoms with E-state index in [1.807, 2.05) is 0 Å². The van der Waals surface area contributed by atoms with Crippen molar-refractivity contribution in [3.8, 4) is 0 Å². The van der Waals surface area contributed by atoms with Crippen molar-refractivity contribution in [2.24, 2.45) is 5.92 Å². The molecule has 0 spiro atoms. The van der Waals surface area contributed by atoms with Crippen molar-refractivity contribution in [1.82, 2.24) is 5.32 Å². The van der Waals surface area contributed by atoms with Crippen LogP contribution in [-0.4, -0.2) is 16.8 Å². The lowest BCUT2D eigenvalue weighted by atomic mass is 9.74. The van der Waals surface area contributed by atoms with Crippen molar-refractivity contribution in [3.05, 3.63) is 0 Å². The second-order valence-corrected chi connectivity index (χ2v) is 5.05. The zero-order valence-electron chi connectivity index (χ0n) is 8.30. The number of hydrogen-bond acceptors (Lipinski definition) is 2. The molecule has 0 aromatic heterocycles. The van der Waals surface area contributed by atoms with Crippen LogP contribution < -0.4 is 5.32 Å². The van der Waals surface area contributed by atoms with Crippen molar-refractivity contribution in [2.45, 2.75) is 51.2 Å². The topological polar surface area (TPSA) is 21.3 Å². The highest BCUT2D eigenvalue weighted by molar-refractivity contribution is 7.80. The van der Waals surface area contributed by atoms with Crippen LogP contribution in [0, 0.1) is 5.92 Å². The number of rotatable bonds is 0. The molecule has 1 saturated heterocycles. The van der Waals surface area contributed by atoms with Gasteiger partial charge in [0.2, 0.25) is 0 Å². The van der Waals surface area contributed by atoms with Gasteiger partial charge >= 0.3 is 0 Å². The first-order valence-electron chi connectivity index (χ1n) is 5.08. The molecule has 2 unspecified atom stereocenters. The van der Waals surface area contributed by atoms with Gasteiger partial charge in [-0.15, -0.1) is 0 Å². The van der Waals surface area contributed by atoms with E-state index in [0.717, 1.165) is 0 Å². The maximum absolute atomic E-state index is 5.65. The molecule has 2 atom stereocenters. The van der Waals surface area contributed by atoms with E-state index in [0.29, 0.717) is 17.2 Å². The Labute approximate surface area is 85.0 Å². The van der Waals surface area contributed by atoms with Gasteiger partial charge in [-0.3, -0.25) is 0 Å². The number of ether oxygens (including phenoxy) is 1. The van der Waals surface area contributed by atoms with Crippen molar-refractivity contribution >= 4 is 17.4 Å². The third-order valence-electron chi connectivity index (χ3n) is 3.31. The Morgan fingerprint density at radius 2 is 2.08 bits per heavy atom. The van der Waals surface area contributed by atoms with Gasteiger partial charge in [0.1, 0.15) is 6.10 Å². The fourth-order valence-corrected chi connectivity index (χ4v) is 2.97. The number of hydrogen-bond donors (Lipinski definition) is 1. The first-order valence-corrected chi connectivity index (χ1v) is 5.49. The van der Waals surface area contributed by atoms with Gasteiger partial charge < -0.3 is 10.1 Å². The van der Waals surface area contributed by atoms with Gasteiger partial charge in [0.15, 0.2) is 0 Å². The van der Waals surface area contributed by atoms with E-state index >= 15 is 0 Å². The molecule has 0 bridgehead atoms. The summed E-state index contributed by atoms with van der Waals surface area (Å²) < 4.78 is 5.65. The normalized spacial score (nSPS) is 37.2. The van der Waals surface area contributed by atoms with Crippen molar-refractivity contribution in [3.63, 3.8) is 0 Å². The van der Waals surface area contributed by atoms with Crippen LogP contribution in [0.25, 0.3) is 0 Å². The standard InChI is InChI=1S/C10H17NOS/c1-10(2)7-5-3-4-6-8(7)12-9(13)11-10/h7-8H,3-6H2,1-2H3,(H,11,13). The van der Waals surface area contributed by atoms with E-state index in [4.69, 9.17) is 17.0 Å². The molecule has 1 N–H and O–H groups in total. The van der Waals surface area contributed by atoms with Crippen LogP contribution in [0.4, 0.5) is 0 Å². The second-order valence-electron chi connectivity index (χ2n) is 4.68. The largest absolute Gasteiger partial charge is 0.467 e. The summed E-state index contributed by atoms with van der Waals surface area (Å²) in [5, 5.41) is 3.85. The van der Waals surface area contributed by atoms with Crippen LogP contribution >= 0.6 is 12.2 Å². The quantitative estimate of drug-likeness (QED) is 0.604. The summed E-state index contributed by atoms with van der Waals surface area (Å²) >= 11 is 5.09. The van der Waals surface area contributed by atoms with Crippen LogP contribution in [-0.2, 0) is 4.74 Å². The molecule has 1 saturated carbocycles. The fraction of sp³-hybridized carbons (Fsp3) is 0.900. The molecular weight excluding hydrogens is 182 g/mol. The van der Waals surface area contributed by atoms with Gasteiger partial charge in [0.25, 0.3) is 5.17 Å². The predicted molar refractivity (Wildman–Crippen MR) is 56.6 cm³/mol. The number of nitrogens with one attached hydrogen (secondary N) is 1. The molecule has 3 heteroatoms. The van der Waals surface area contributed by atoms with Crippen LogP contribution in [0.1, 0.15) is 39.5 Å². The maximum atomic E-state index is 5.65. The van der Waals surface area contributed by atoms with Crippen LogP contribution in [0.3, 0.4) is 0 Å². The van der Waals surface area contributed by atoms with E-state index in [1.54, 1.807) is 0 Å². The summed E-state index contributed by atoms with van der Waals surface area (Å²) in [6.07, 6.45) is 5.45. The van der Waals surface area contributed by atoms with E-state index < -0.39 is 0 Å². The number of fused-ring (bicyclic) bond motifs is 1. The highest BCUT2D eigenvalue weighted by Gasteiger charge is 2.43. The Morgan fingerprint density at radius 3 is 2.85 bits per heavy atom. The molecule has 1 aliphatic heterocycles. The van der Waals surface area contributed by atoms with Gasteiger partial charge in [0, 0.05) is 11.5 Å². The Kier molecular flexibility index (Phi) is 2.22. The zero-order valence-corrected chi connectivity index (χ0v) is 9.12. The van der Waals surface area contributed by atoms with Crippen LogP contribution in [0.5, 0.6) is 0 Å². The summed E-state index contributed by atoms with van der Waals surface area (Å²) in [6, 6.07) is 0. The van der Waals surface area contributed by atoms with Gasteiger partial charge in [0.05, 0.1) is 0 Å². The zero-order chi connectivity index (χ0) is 9.47. The minimum absolute atomic E-state index is 0.125. The maximum Gasteiger partial charge on any atom is 0.257 e. The van der Waals surface area contributed by atoms with Gasteiger partial charge in [-0.05, 0) is 45.3 Å². The summed E-state index contributed by atoms with van der Waals surface area (Å²) in [5.74, 6) is 0.632. The van der Waals surface area contributed by atoms with Crippen molar-refractivity contribution in [1.29, 1.82) is 0 Å². The highest BCUT2D eigenvalue weighted by atomic mass is 32.1. The average molecular weight is 199 g/mol. The molecule has 2 nitrogen and oxygen atoms in total. The molecule has 0 radical (unpaired) electrons. The van der Waals surface area contributed by atoms with E-state index in [1.165, 1.54) is 25.7 Å². The molecule has 1 heterocycles. The van der Waals surface area contributed by atoms with Crippen LogP contribution in [0.2, 0.25) is 0 Å². The Morgan fingerprint density at radius 1 is 1.38 bits per heavy atom. The molecule has 2 fully saturated rings. The predicted octanol–water partition coefficient (Wildman–Crippen LogP) is 2.23. The lowest BCUT2D eigenvalue weighted by molar-refractivity contribution is 0.00539. The van der Waals surface area contributed by atoms with E-state index in [9.17, 15) is 0 Å². The van der Waals surface area contributed by atoms with E-state index in [2.05, 4.69) is 19.2 Å². The molecule has 74 valence electrons. The lowest BCUT2D eigenvalue weighted by Gasteiger charge is -2.47.